The minimum atomic E-state index is -0.197. The molecule has 4 heteroatoms. The highest BCUT2D eigenvalue weighted by molar-refractivity contribution is 6.00. The van der Waals surface area contributed by atoms with E-state index in [-0.39, 0.29) is 12.2 Å². The van der Waals surface area contributed by atoms with Crippen molar-refractivity contribution in [3.05, 3.63) is 30.0 Å². The number of fused-ring (bicyclic) bond motifs is 1. The van der Waals surface area contributed by atoms with Gasteiger partial charge in [0.25, 0.3) is 0 Å². The average molecular weight is 214 g/mol. The molecule has 0 saturated heterocycles. The molecule has 4 nitrogen and oxygen atoms in total. The first kappa shape index (κ1) is 10.2. The van der Waals surface area contributed by atoms with Crippen LogP contribution >= 0.6 is 0 Å². The average Bonchev–Trinajstić information content (AvgIpc) is 2.71. The van der Waals surface area contributed by atoms with Crippen LogP contribution in [0.1, 0.15) is 16.9 Å². The second kappa shape index (κ2) is 4.07. The summed E-state index contributed by atoms with van der Waals surface area (Å²) in [5.74, 6) is 0.534. The number of nitrogens with one attached hydrogen (secondary N) is 1. The van der Waals surface area contributed by atoms with Crippen molar-refractivity contribution in [2.45, 2.75) is 6.42 Å². The third-order valence-electron chi connectivity index (χ3n) is 2.37. The molecule has 16 heavy (non-hydrogen) atoms. The van der Waals surface area contributed by atoms with Crippen LogP contribution in [-0.2, 0) is 0 Å². The summed E-state index contributed by atoms with van der Waals surface area (Å²) >= 11 is 0. The summed E-state index contributed by atoms with van der Waals surface area (Å²) < 4.78 is 5.08. The van der Waals surface area contributed by atoms with Crippen LogP contribution < -0.4 is 4.74 Å². The van der Waals surface area contributed by atoms with Gasteiger partial charge in [-0.2, -0.15) is 5.26 Å². The lowest BCUT2D eigenvalue weighted by atomic mass is 10.2. The number of carbonyl (C=O) groups is 1. The van der Waals surface area contributed by atoms with Crippen molar-refractivity contribution in [2.24, 2.45) is 0 Å². The number of methoxy groups -OCH3 is 1. The number of H-pyrrole nitrogens is 1. The second-order valence-corrected chi connectivity index (χ2v) is 3.39. The fourth-order valence-corrected chi connectivity index (χ4v) is 1.55. The fourth-order valence-electron chi connectivity index (χ4n) is 1.55. The molecule has 80 valence electrons. The van der Waals surface area contributed by atoms with Crippen molar-refractivity contribution in [1.29, 1.82) is 5.26 Å². The zero-order chi connectivity index (χ0) is 11.5. The topological polar surface area (TPSA) is 65.9 Å². The lowest BCUT2D eigenvalue weighted by Gasteiger charge is -1.97. The standard InChI is InChI=1S/C12H10N2O2/c1-16-9-3-2-8-6-11(12(15)4-5-13)14-10(8)7-9/h2-3,6-7,14H,4H2,1H3. The van der Waals surface area contributed by atoms with Crippen LogP contribution in [0.4, 0.5) is 0 Å². The Morgan fingerprint density at radius 2 is 2.31 bits per heavy atom. The first-order valence-corrected chi connectivity index (χ1v) is 4.81. The molecule has 1 heterocycles. The molecule has 0 atom stereocenters. The number of nitrogens with zero attached hydrogens (tertiary/aromatic N) is 1. The molecule has 0 unspecified atom stereocenters. The maximum absolute atomic E-state index is 11.5. The van der Waals surface area contributed by atoms with E-state index >= 15 is 0 Å². The Morgan fingerprint density at radius 3 is 3.00 bits per heavy atom. The highest BCUT2D eigenvalue weighted by Gasteiger charge is 2.09. The predicted octanol–water partition coefficient (Wildman–Crippen LogP) is 2.27. The molecule has 1 aromatic heterocycles. The normalized spacial score (nSPS) is 10.0. The third kappa shape index (κ3) is 1.75. The maximum Gasteiger partial charge on any atom is 0.193 e. The molecule has 0 saturated carbocycles. The van der Waals surface area contributed by atoms with Crippen LogP contribution in [0, 0.1) is 11.3 Å². The number of ether oxygens (including phenoxy) is 1. The Hall–Kier alpha value is -2.28. The minimum absolute atomic E-state index is 0.107. The Bertz CT molecular complexity index is 578. The van der Waals surface area contributed by atoms with Crippen LogP contribution in [0.15, 0.2) is 24.3 Å². The van der Waals surface area contributed by atoms with E-state index in [0.717, 1.165) is 16.7 Å². The lowest BCUT2D eigenvalue weighted by Crippen LogP contribution is -1.96. The van der Waals surface area contributed by atoms with E-state index in [1.54, 1.807) is 13.2 Å². The molecule has 0 amide bonds. The van der Waals surface area contributed by atoms with Gasteiger partial charge in [-0.05, 0) is 18.2 Å². The van der Waals surface area contributed by atoms with Crippen LogP contribution in [-0.4, -0.2) is 17.9 Å². The van der Waals surface area contributed by atoms with Crippen molar-refractivity contribution >= 4 is 16.7 Å². The highest BCUT2D eigenvalue weighted by Crippen LogP contribution is 2.21. The molecule has 1 N–H and O–H groups in total. The monoisotopic (exact) mass is 214 g/mol. The van der Waals surface area contributed by atoms with Gasteiger partial charge in [-0.3, -0.25) is 4.79 Å². The molecule has 0 aliphatic rings. The van der Waals surface area contributed by atoms with E-state index in [1.165, 1.54) is 0 Å². The number of rotatable bonds is 3. The van der Waals surface area contributed by atoms with Crippen molar-refractivity contribution in [3.8, 4) is 11.8 Å². The number of nitriles is 1. The first-order chi connectivity index (χ1) is 7.74. The van der Waals surface area contributed by atoms with Gasteiger partial charge in [0.2, 0.25) is 0 Å². The summed E-state index contributed by atoms with van der Waals surface area (Å²) in [7, 11) is 1.59. The van der Waals surface area contributed by atoms with Crippen LogP contribution in [0.3, 0.4) is 0 Å². The van der Waals surface area contributed by atoms with Crippen LogP contribution in [0.25, 0.3) is 10.9 Å². The fraction of sp³-hybridized carbons (Fsp3) is 0.167. The van der Waals surface area contributed by atoms with E-state index in [1.807, 2.05) is 24.3 Å². The molecule has 0 spiro atoms. The minimum Gasteiger partial charge on any atom is -0.497 e. The van der Waals surface area contributed by atoms with Crippen molar-refractivity contribution in [1.82, 2.24) is 4.98 Å². The molecular weight excluding hydrogens is 204 g/mol. The van der Waals surface area contributed by atoms with Gasteiger partial charge >= 0.3 is 0 Å². The summed E-state index contributed by atoms with van der Waals surface area (Å²) in [6, 6.07) is 9.10. The Kier molecular flexibility index (Phi) is 2.61. The molecular formula is C12H10N2O2. The number of carbonyl (C=O) groups excluding carboxylic acids is 1. The van der Waals surface area contributed by atoms with Crippen LogP contribution in [0.5, 0.6) is 5.75 Å². The maximum atomic E-state index is 11.5. The van der Waals surface area contributed by atoms with Crippen molar-refractivity contribution in [3.63, 3.8) is 0 Å². The van der Waals surface area contributed by atoms with Gasteiger partial charge in [0.05, 0.1) is 18.9 Å². The molecule has 0 bridgehead atoms. The molecule has 0 aliphatic carbocycles. The summed E-state index contributed by atoms with van der Waals surface area (Å²) in [5.41, 5.74) is 1.30. The smallest absolute Gasteiger partial charge is 0.193 e. The largest absolute Gasteiger partial charge is 0.497 e. The van der Waals surface area contributed by atoms with Crippen molar-refractivity contribution in [2.75, 3.05) is 7.11 Å². The Balaban J connectivity index is 2.44. The van der Waals surface area contributed by atoms with Gasteiger partial charge < -0.3 is 9.72 Å². The van der Waals surface area contributed by atoms with Gasteiger partial charge in [0.15, 0.2) is 5.78 Å². The van der Waals surface area contributed by atoms with Crippen molar-refractivity contribution < 1.29 is 9.53 Å². The van der Waals surface area contributed by atoms with E-state index in [2.05, 4.69) is 4.98 Å². The number of benzene rings is 1. The number of hydrogen-bond donors (Lipinski definition) is 1. The molecule has 1 aromatic carbocycles. The van der Waals surface area contributed by atoms with Gasteiger partial charge in [0.1, 0.15) is 12.2 Å². The summed E-state index contributed by atoms with van der Waals surface area (Å²) in [6.07, 6.45) is -0.107. The zero-order valence-corrected chi connectivity index (χ0v) is 8.78. The van der Waals surface area contributed by atoms with E-state index in [0.29, 0.717) is 5.69 Å². The van der Waals surface area contributed by atoms with Gasteiger partial charge in [-0.15, -0.1) is 0 Å². The van der Waals surface area contributed by atoms with E-state index < -0.39 is 0 Å². The van der Waals surface area contributed by atoms with Gasteiger partial charge in [0, 0.05) is 17.0 Å². The second-order valence-electron chi connectivity index (χ2n) is 3.39. The highest BCUT2D eigenvalue weighted by atomic mass is 16.5. The van der Waals surface area contributed by atoms with E-state index in [9.17, 15) is 4.79 Å². The quantitative estimate of drug-likeness (QED) is 0.797. The first-order valence-electron chi connectivity index (χ1n) is 4.81. The number of aromatic nitrogens is 1. The zero-order valence-electron chi connectivity index (χ0n) is 8.78. The third-order valence-corrected chi connectivity index (χ3v) is 2.37. The predicted molar refractivity (Wildman–Crippen MR) is 59.4 cm³/mol. The Morgan fingerprint density at radius 1 is 1.50 bits per heavy atom. The SMILES string of the molecule is COc1ccc2cc(C(=O)CC#N)[nH]c2c1. The molecule has 2 rings (SSSR count). The van der Waals surface area contributed by atoms with Gasteiger partial charge in [-0.1, -0.05) is 0 Å². The summed E-state index contributed by atoms with van der Waals surface area (Å²) in [4.78, 5) is 14.5. The molecule has 0 aliphatic heterocycles. The van der Waals surface area contributed by atoms with Crippen LogP contribution in [0.2, 0.25) is 0 Å². The van der Waals surface area contributed by atoms with Gasteiger partial charge in [-0.25, -0.2) is 0 Å². The molecule has 0 radical (unpaired) electrons. The lowest BCUT2D eigenvalue weighted by molar-refractivity contribution is 0.0994. The number of aromatic amines is 1. The summed E-state index contributed by atoms with van der Waals surface area (Å²) in [5, 5.41) is 9.38. The molecule has 2 aromatic rings. The molecule has 0 fully saturated rings. The summed E-state index contributed by atoms with van der Waals surface area (Å²) in [6.45, 7) is 0. The number of Topliss-reactive ketones (excluding diaryl/α,β-unsaturated/α-hetero) is 1. The number of ketones is 1. The Labute approximate surface area is 92.4 Å². The van der Waals surface area contributed by atoms with E-state index in [4.69, 9.17) is 10.00 Å². The number of hydrogen-bond acceptors (Lipinski definition) is 3.